The normalized spacial score (nSPS) is 25.2. The Balaban J connectivity index is 1.29. The van der Waals surface area contributed by atoms with Gasteiger partial charge in [-0.25, -0.2) is 8.57 Å². The van der Waals surface area contributed by atoms with Crippen molar-refractivity contribution in [3.8, 4) is 0 Å². The summed E-state index contributed by atoms with van der Waals surface area (Å²) in [5.41, 5.74) is -6.02. The summed E-state index contributed by atoms with van der Waals surface area (Å²) >= 11 is 0.998. The molecule has 0 saturated carbocycles. The highest BCUT2D eigenvalue weighted by atomic mass is 32.2. The summed E-state index contributed by atoms with van der Waals surface area (Å²) in [6.45, 7) is 0.472. The van der Waals surface area contributed by atoms with Gasteiger partial charge < -0.3 is 29.6 Å². The molecule has 3 saturated heterocycles. The molecule has 3 N–H and O–H groups in total. The Kier molecular flexibility index (Phi) is 8.75. The number of amides is 3. The topological polar surface area (TPSA) is 166 Å². The minimum absolute atomic E-state index is 0.140. The van der Waals surface area contributed by atoms with Gasteiger partial charge in [0.25, 0.3) is 5.91 Å². The quantitative estimate of drug-likeness (QED) is 0.359. The number of nitrogens with zero attached hydrogens (tertiary/aromatic N) is 3. The Bertz CT molecular complexity index is 1660. The molecule has 3 fully saturated rings. The minimum Gasteiger partial charge on any atom is -0.374 e. The zero-order valence-corrected chi connectivity index (χ0v) is 26.9. The lowest BCUT2D eigenvalue weighted by Gasteiger charge is -2.50. The van der Waals surface area contributed by atoms with Crippen LogP contribution < -0.4 is 5.32 Å². The first-order valence-corrected chi connectivity index (χ1v) is 18.6. The maximum atomic E-state index is 14.2. The molecule has 5 rings (SSSR count). The fourth-order valence-electron chi connectivity index (χ4n) is 6.33. The van der Waals surface area contributed by atoms with Crippen LogP contribution in [0.1, 0.15) is 47.3 Å². The lowest BCUT2D eigenvalue weighted by molar-refractivity contribution is -0.164. The lowest BCUT2D eigenvalue weighted by atomic mass is 9.94. The van der Waals surface area contributed by atoms with Crippen LogP contribution >= 0.6 is 18.9 Å². The van der Waals surface area contributed by atoms with Crippen molar-refractivity contribution in [3.63, 3.8) is 0 Å². The highest BCUT2D eigenvalue weighted by molar-refractivity contribution is 7.93. The second-order valence-electron chi connectivity index (χ2n) is 11.8. The molecule has 4 atom stereocenters. The SMILES string of the molecule is CN=S(C)(=O)CC1(OC)CN(C(=O)[C@@H]2CC[C@@H]3CCC[C@H](NC(=O)c4cc5cc(C(F)(F)P(=O)(O)O)ccc5s4)C(=O)N32)C1. The lowest BCUT2D eigenvalue weighted by Crippen LogP contribution is -2.69. The van der Waals surface area contributed by atoms with Gasteiger partial charge in [0.15, 0.2) is 0 Å². The predicted octanol–water partition coefficient (Wildman–Crippen LogP) is 2.73. The highest BCUT2D eigenvalue weighted by Gasteiger charge is 2.53. The van der Waals surface area contributed by atoms with E-state index in [1.165, 1.54) is 26.3 Å². The number of halogens is 2. The van der Waals surface area contributed by atoms with E-state index in [2.05, 4.69) is 9.68 Å². The van der Waals surface area contributed by atoms with Crippen molar-refractivity contribution < 1.29 is 46.5 Å². The third-order valence-electron chi connectivity index (χ3n) is 8.75. The molecule has 3 amide bonds. The van der Waals surface area contributed by atoms with E-state index < -0.39 is 52.1 Å². The zero-order valence-electron chi connectivity index (χ0n) is 24.4. The summed E-state index contributed by atoms with van der Waals surface area (Å²) in [7, 11) is -5.24. The van der Waals surface area contributed by atoms with Crippen molar-refractivity contribution >= 4 is 56.5 Å². The summed E-state index contributed by atoms with van der Waals surface area (Å²) in [4.78, 5) is 62.1. The third-order valence-corrected chi connectivity index (χ3v) is 12.7. The van der Waals surface area contributed by atoms with Gasteiger partial charge in [0.1, 0.15) is 17.7 Å². The van der Waals surface area contributed by atoms with Gasteiger partial charge in [-0.15, -0.1) is 11.3 Å². The van der Waals surface area contributed by atoms with Crippen molar-refractivity contribution in [1.29, 1.82) is 0 Å². The van der Waals surface area contributed by atoms with E-state index in [9.17, 15) is 31.9 Å². The monoisotopic (exact) mass is 676 g/mol. The summed E-state index contributed by atoms with van der Waals surface area (Å²) in [6, 6.07) is 2.72. The van der Waals surface area contributed by atoms with E-state index in [1.54, 1.807) is 16.1 Å². The van der Waals surface area contributed by atoms with Crippen molar-refractivity contribution in [1.82, 2.24) is 15.1 Å². The molecule has 44 heavy (non-hydrogen) atoms. The van der Waals surface area contributed by atoms with Crippen LogP contribution in [-0.4, -0.2) is 104 Å². The second-order valence-corrected chi connectivity index (χ2v) is 17.1. The van der Waals surface area contributed by atoms with Gasteiger partial charge in [-0.3, -0.25) is 18.9 Å². The first-order valence-electron chi connectivity index (χ1n) is 14.0. The maximum absolute atomic E-state index is 14.2. The van der Waals surface area contributed by atoms with Gasteiger partial charge in [-0.05, 0) is 55.7 Å². The number of hydrogen-bond donors (Lipinski definition) is 3. The molecule has 4 heterocycles. The predicted molar refractivity (Wildman–Crippen MR) is 160 cm³/mol. The average molecular weight is 677 g/mol. The van der Waals surface area contributed by atoms with E-state index in [0.717, 1.165) is 23.5 Å². The second kappa shape index (κ2) is 11.7. The Labute approximate surface area is 257 Å². The number of ether oxygens (including phenoxy) is 1. The van der Waals surface area contributed by atoms with Gasteiger partial charge in [0.2, 0.25) is 11.8 Å². The third kappa shape index (κ3) is 6.04. The minimum atomic E-state index is -5.76. The molecule has 17 heteroatoms. The van der Waals surface area contributed by atoms with E-state index in [1.807, 2.05) is 0 Å². The Morgan fingerprint density at radius 2 is 1.93 bits per heavy atom. The number of rotatable bonds is 8. The number of methoxy groups -OCH3 is 1. The number of fused-ring (bicyclic) bond motifs is 2. The van der Waals surface area contributed by atoms with Crippen molar-refractivity contribution in [3.05, 3.63) is 34.7 Å². The van der Waals surface area contributed by atoms with Crippen LogP contribution in [0, 0.1) is 0 Å². The first-order chi connectivity index (χ1) is 20.5. The number of alkyl halides is 2. The van der Waals surface area contributed by atoms with E-state index in [0.29, 0.717) is 36.8 Å². The molecule has 3 aliphatic rings. The number of nitrogens with one attached hydrogen (secondary N) is 1. The Morgan fingerprint density at radius 1 is 1.23 bits per heavy atom. The van der Waals surface area contributed by atoms with Crippen LogP contribution in [-0.2, 0) is 34.3 Å². The summed E-state index contributed by atoms with van der Waals surface area (Å²) in [5.74, 6) is -0.984. The molecule has 1 aromatic heterocycles. The fourth-order valence-corrected chi connectivity index (χ4v) is 9.15. The number of carbonyl (C=O) groups is 3. The van der Waals surface area contributed by atoms with Crippen molar-refractivity contribution in [2.24, 2.45) is 4.36 Å². The highest BCUT2D eigenvalue weighted by Crippen LogP contribution is 2.59. The standard InChI is InChI=1S/C27H35F2N4O8PS2/c1-30-44(3,40)15-26(41-2)13-32(14-26)25(36)20-9-8-18-5-4-6-19(24(35)33(18)20)31-23(34)22-12-16-11-17(7-10-21(16)43-22)27(28,29)42(37,38)39/h7,10-12,18-20H,4-6,8-9,13-15H2,1-3H3,(H,31,34)(H2,37,38,39)/t18-,19-,20-,44?/m0/s1. The van der Waals surface area contributed by atoms with Crippen LogP contribution in [0.4, 0.5) is 8.78 Å². The average Bonchev–Trinajstić information content (AvgIpc) is 3.53. The number of benzene rings is 1. The molecular weight excluding hydrogens is 641 g/mol. The molecule has 12 nitrogen and oxygen atoms in total. The van der Waals surface area contributed by atoms with Gasteiger partial charge in [0, 0.05) is 46.4 Å². The number of likely N-dealkylation sites (tertiary alicyclic amines) is 1. The van der Waals surface area contributed by atoms with Gasteiger partial charge in [-0.1, -0.05) is 6.07 Å². The molecule has 0 spiro atoms. The van der Waals surface area contributed by atoms with Crippen molar-refractivity contribution in [2.75, 3.05) is 39.3 Å². The van der Waals surface area contributed by atoms with Crippen LogP contribution in [0.25, 0.3) is 10.1 Å². The molecule has 3 aliphatic heterocycles. The Morgan fingerprint density at radius 3 is 2.57 bits per heavy atom. The Hall–Kier alpha value is -2.49. The van der Waals surface area contributed by atoms with E-state index >= 15 is 0 Å². The molecule has 0 radical (unpaired) electrons. The summed E-state index contributed by atoms with van der Waals surface area (Å²) < 4.78 is 62.4. The molecule has 1 unspecified atom stereocenters. The van der Waals surface area contributed by atoms with Crippen LogP contribution in [0.15, 0.2) is 28.6 Å². The molecule has 1 aromatic carbocycles. The largest absolute Gasteiger partial charge is 0.399 e. The number of carbonyl (C=O) groups excluding carboxylic acids is 3. The summed E-state index contributed by atoms with van der Waals surface area (Å²) in [6.07, 6.45) is 4.38. The van der Waals surface area contributed by atoms with Crippen LogP contribution in [0.5, 0.6) is 0 Å². The molecule has 2 aromatic rings. The number of hydrogen-bond acceptors (Lipinski definition) is 8. The number of thiophene rings is 1. The van der Waals surface area contributed by atoms with E-state index in [4.69, 9.17) is 14.5 Å². The summed E-state index contributed by atoms with van der Waals surface area (Å²) in [5, 5.41) is 2.96. The van der Waals surface area contributed by atoms with Crippen molar-refractivity contribution in [2.45, 2.75) is 61.5 Å². The van der Waals surface area contributed by atoms with Gasteiger partial charge >= 0.3 is 13.3 Å². The van der Waals surface area contributed by atoms with Crippen LogP contribution in [0.2, 0.25) is 0 Å². The molecule has 0 bridgehead atoms. The molecular formula is C27H35F2N4O8PS2. The van der Waals surface area contributed by atoms with Gasteiger partial charge in [-0.2, -0.15) is 8.78 Å². The fraction of sp³-hybridized carbons (Fsp3) is 0.593. The van der Waals surface area contributed by atoms with Gasteiger partial charge in [0.05, 0.1) is 23.7 Å². The maximum Gasteiger partial charge on any atom is 0.399 e. The smallest absolute Gasteiger partial charge is 0.374 e. The van der Waals surface area contributed by atoms with E-state index in [-0.39, 0.29) is 47.0 Å². The molecule has 242 valence electrons. The molecule has 0 aliphatic carbocycles. The van der Waals surface area contributed by atoms with Crippen LogP contribution in [0.3, 0.4) is 0 Å². The first kappa shape index (κ1) is 32.9. The zero-order chi connectivity index (χ0) is 32.2.